The van der Waals surface area contributed by atoms with Crippen LogP contribution in [-0.2, 0) is 9.47 Å². The molecular formula is C19H18ClFN2O4S. The number of rotatable bonds is 6. The van der Waals surface area contributed by atoms with E-state index in [2.05, 4.69) is 10.6 Å². The minimum atomic E-state index is -0.583. The molecule has 2 rings (SSSR count). The van der Waals surface area contributed by atoms with Crippen molar-refractivity contribution in [2.75, 3.05) is 23.8 Å². The third kappa shape index (κ3) is 5.90. The molecule has 0 heterocycles. The van der Waals surface area contributed by atoms with Gasteiger partial charge in [-0.05, 0) is 62.5 Å². The van der Waals surface area contributed by atoms with E-state index in [1.54, 1.807) is 13.8 Å². The van der Waals surface area contributed by atoms with Gasteiger partial charge in [0.05, 0.1) is 29.4 Å². The second-order valence-electron chi connectivity index (χ2n) is 5.45. The number of ether oxygens (including phenoxy) is 2. The third-order valence-electron chi connectivity index (χ3n) is 3.39. The maximum Gasteiger partial charge on any atom is 0.338 e. The van der Waals surface area contributed by atoms with Crippen molar-refractivity contribution in [3.8, 4) is 0 Å². The first-order chi connectivity index (χ1) is 13.3. The monoisotopic (exact) mass is 424 g/mol. The third-order valence-corrected chi connectivity index (χ3v) is 3.88. The van der Waals surface area contributed by atoms with Crippen molar-refractivity contribution in [3.05, 3.63) is 58.4 Å². The van der Waals surface area contributed by atoms with E-state index in [-0.39, 0.29) is 34.5 Å². The van der Waals surface area contributed by atoms with E-state index >= 15 is 0 Å². The van der Waals surface area contributed by atoms with Crippen LogP contribution in [0.5, 0.6) is 0 Å². The van der Waals surface area contributed by atoms with Crippen LogP contribution < -0.4 is 10.6 Å². The summed E-state index contributed by atoms with van der Waals surface area (Å²) in [7, 11) is 0. The van der Waals surface area contributed by atoms with Gasteiger partial charge in [-0.2, -0.15) is 0 Å². The van der Waals surface area contributed by atoms with Crippen molar-refractivity contribution in [3.63, 3.8) is 0 Å². The first kappa shape index (κ1) is 21.6. The maximum absolute atomic E-state index is 13.3. The maximum atomic E-state index is 13.3. The Morgan fingerprint density at radius 1 is 0.964 bits per heavy atom. The minimum absolute atomic E-state index is 0.0540. The van der Waals surface area contributed by atoms with Crippen LogP contribution in [0.25, 0.3) is 0 Å². The number of carbonyl (C=O) groups excluding carboxylic acids is 2. The summed E-state index contributed by atoms with van der Waals surface area (Å²) in [6.07, 6.45) is 0. The van der Waals surface area contributed by atoms with E-state index in [4.69, 9.17) is 33.3 Å². The Morgan fingerprint density at radius 2 is 1.50 bits per heavy atom. The van der Waals surface area contributed by atoms with Gasteiger partial charge in [0.1, 0.15) is 5.82 Å². The lowest BCUT2D eigenvalue weighted by molar-refractivity contribution is 0.0525. The summed E-state index contributed by atoms with van der Waals surface area (Å²) >= 11 is 11.0. The Balaban J connectivity index is 2.24. The quantitative estimate of drug-likeness (QED) is 0.516. The number of benzene rings is 2. The van der Waals surface area contributed by atoms with Crippen molar-refractivity contribution < 1.29 is 23.5 Å². The van der Waals surface area contributed by atoms with Gasteiger partial charge in [0, 0.05) is 11.4 Å². The van der Waals surface area contributed by atoms with Crippen LogP contribution in [0.3, 0.4) is 0 Å². The second kappa shape index (κ2) is 10.0. The number of hydrogen-bond acceptors (Lipinski definition) is 5. The van der Waals surface area contributed by atoms with Gasteiger partial charge in [-0.25, -0.2) is 14.0 Å². The van der Waals surface area contributed by atoms with Crippen LogP contribution >= 0.6 is 23.8 Å². The van der Waals surface area contributed by atoms with Gasteiger partial charge in [-0.1, -0.05) is 11.6 Å². The Morgan fingerprint density at radius 3 is 2.00 bits per heavy atom. The molecule has 0 spiro atoms. The summed E-state index contributed by atoms with van der Waals surface area (Å²) in [5.41, 5.74) is 1.18. The number of anilines is 2. The van der Waals surface area contributed by atoms with Crippen LogP contribution in [-0.4, -0.2) is 30.3 Å². The number of carbonyl (C=O) groups is 2. The standard InChI is InChI=1S/C19H18ClFN2O4S/c1-3-26-17(24)11-7-12(18(25)27-4-2)9-14(8-11)23-19(28)22-13-5-6-16(21)15(20)10-13/h5-10H,3-4H2,1-2H3,(H2,22,23,28). The smallest absolute Gasteiger partial charge is 0.338 e. The first-order valence-electron chi connectivity index (χ1n) is 8.36. The molecule has 28 heavy (non-hydrogen) atoms. The van der Waals surface area contributed by atoms with Crippen LogP contribution in [0.15, 0.2) is 36.4 Å². The molecule has 0 amide bonds. The first-order valence-corrected chi connectivity index (χ1v) is 9.15. The van der Waals surface area contributed by atoms with Crippen molar-refractivity contribution in [2.45, 2.75) is 13.8 Å². The van der Waals surface area contributed by atoms with Gasteiger partial charge in [0.15, 0.2) is 5.11 Å². The van der Waals surface area contributed by atoms with Crippen molar-refractivity contribution >= 4 is 52.2 Å². The predicted molar refractivity (Wildman–Crippen MR) is 110 cm³/mol. The zero-order chi connectivity index (χ0) is 20.7. The molecule has 0 unspecified atom stereocenters. The molecule has 2 N–H and O–H groups in total. The number of hydrogen-bond donors (Lipinski definition) is 2. The number of thiocarbonyl (C=S) groups is 1. The summed E-state index contributed by atoms with van der Waals surface area (Å²) in [5.74, 6) is -1.71. The Kier molecular flexibility index (Phi) is 7.71. The minimum Gasteiger partial charge on any atom is -0.462 e. The molecule has 2 aromatic carbocycles. The molecule has 0 atom stereocenters. The molecule has 0 saturated heterocycles. The van der Waals surface area contributed by atoms with Crippen molar-refractivity contribution in [1.29, 1.82) is 0 Å². The van der Waals surface area contributed by atoms with Gasteiger partial charge < -0.3 is 20.1 Å². The molecule has 0 aliphatic heterocycles. The number of nitrogens with one attached hydrogen (secondary N) is 2. The topological polar surface area (TPSA) is 76.7 Å². The van der Waals surface area contributed by atoms with E-state index in [9.17, 15) is 14.0 Å². The molecule has 0 bridgehead atoms. The molecule has 0 radical (unpaired) electrons. The molecule has 148 valence electrons. The zero-order valence-corrected chi connectivity index (χ0v) is 16.7. The average Bonchev–Trinajstić information content (AvgIpc) is 2.64. The number of esters is 2. The fourth-order valence-electron chi connectivity index (χ4n) is 2.23. The van der Waals surface area contributed by atoms with Gasteiger partial charge >= 0.3 is 11.9 Å². The van der Waals surface area contributed by atoms with Gasteiger partial charge in [-0.15, -0.1) is 0 Å². The summed E-state index contributed by atoms with van der Waals surface area (Å²) in [6.45, 7) is 3.74. The molecule has 0 aromatic heterocycles. The molecule has 6 nitrogen and oxygen atoms in total. The molecular weight excluding hydrogens is 407 g/mol. The Bertz CT molecular complexity index is 871. The zero-order valence-electron chi connectivity index (χ0n) is 15.2. The van der Waals surface area contributed by atoms with E-state index in [0.29, 0.717) is 11.4 Å². The normalized spacial score (nSPS) is 10.1. The van der Waals surface area contributed by atoms with Gasteiger partial charge in [-0.3, -0.25) is 0 Å². The fourth-order valence-corrected chi connectivity index (χ4v) is 2.65. The summed E-state index contributed by atoms with van der Waals surface area (Å²) in [5, 5.41) is 5.81. The fraction of sp³-hybridized carbons (Fsp3) is 0.211. The van der Waals surface area contributed by atoms with Crippen molar-refractivity contribution in [2.24, 2.45) is 0 Å². The van der Waals surface area contributed by atoms with Gasteiger partial charge in [0.2, 0.25) is 0 Å². The summed E-state index contributed by atoms with van der Waals surface area (Å²) in [4.78, 5) is 24.2. The van der Waals surface area contributed by atoms with Crippen LogP contribution in [0.1, 0.15) is 34.6 Å². The highest BCUT2D eigenvalue weighted by atomic mass is 35.5. The Hall–Kier alpha value is -2.71. The van der Waals surface area contributed by atoms with Gasteiger partial charge in [0.25, 0.3) is 0 Å². The largest absolute Gasteiger partial charge is 0.462 e. The lowest BCUT2D eigenvalue weighted by atomic mass is 10.1. The lowest BCUT2D eigenvalue weighted by Crippen LogP contribution is -2.20. The van der Waals surface area contributed by atoms with Crippen LogP contribution in [0.2, 0.25) is 5.02 Å². The van der Waals surface area contributed by atoms with E-state index < -0.39 is 17.8 Å². The lowest BCUT2D eigenvalue weighted by Gasteiger charge is -2.13. The molecule has 0 saturated carbocycles. The molecule has 9 heteroatoms. The van der Waals surface area contributed by atoms with E-state index in [0.717, 1.165) is 0 Å². The molecule has 0 aliphatic rings. The van der Waals surface area contributed by atoms with E-state index in [1.165, 1.54) is 36.4 Å². The number of halogens is 2. The van der Waals surface area contributed by atoms with Crippen LogP contribution in [0.4, 0.5) is 15.8 Å². The molecule has 2 aromatic rings. The average molecular weight is 425 g/mol. The SMILES string of the molecule is CCOC(=O)c1cc(NC(=S)Nc2ccc(F)c(Cl)c2)cc(C(=O)OCC)c1. The van der Waals surface area contributed by atoms with Crippen molar-refractivity contribution in [1.82, 2.24) is 0 Å². The predicted octanol–water partition coefficient (Wildman–Crippen LogP) is 4.64. The Labute approximate surface area is 172 Å². The highest BCUT2D eigenvalue weighted by Crippen LogP contribution is 2.21. The summed E-state index contributed by atoms with van der Waals surface area (Å²) in [6, 6.07) is 8.42. The highest BCUT2D eigenvalue weighted by molar-refractivity contribution is 7.80. The molecule has 0 aliphatic carbocycles. The second-order valence-corrected chi connectivity index (χ2v) is 6.26. The highest BCUT2D eigenvalue weighted by Gasteiger charge is 2.15. The van der Waals surface area contributed by atoms with E-state index in [1.807, 2.05) is 0 Å². The summed E-state index contributed by atoms with van der Waals surface area (Å²) < 4.78 is 23.2. The molecule has 0 fully saturated rings. The van der Waals surface area contributed by atoms with Crippen LogP contribution in [0, 0.1) is 5.82 Å².